The van der Waals surface area contributed by atoms with Gasteiger partial charge in [-0.15, -0.1) is 0 Å². The van der Waals surface area contributed by atoms with E-state index in [-0.39, 0.29) is 5.78 Å². The van der Waals surface area contributed by atoms with Crippen molar-refractivity contribution in [2.24, 2.45) is 0 Å². The number of carboxylic acid groups (broad SMARTS) is 1. The summed E-state index contributed by atoms with van der Waals surface area (Å²) in [6.45, 7) is 1.96. The predicted octanol–water partition coefficient (Wildman–Crippen LogP) is 3.29. The Morgan fingerprint density at radius 3 is 2.04 bits per heavy atom. The molecule has 1 unspecified atom stereocenters. The number of rotatable bonds is 8. The van der Waals surface area contributed by atoms with Crippen molar-refractivity contribution >= 4 is 17.7 Å². The standard InChI is InChI=1S/C20H21NO4/c1-2-3-9-17(20(24)25)21-19(23)16-12-10-15(11-13-16)18(22)14-7-5-4-6-8-14/h4-8,10-13,17H,2-3,9H2,1H3,(H,21,23)(H,24,25). The van der Waals surface area contributed by atoms with Crippen molar-refractivity contribution in [3.8, 4) is 0 Å². The van der Waals surface area contributed by atoms with E-state index in [1.807, 2.05) is 13.0 Å². The fraction of sp³-hybridized carbons (Fsp3) is 0.250. The maximum Gasteiger partial charge on any atom is 0.326 e. The Morgan fingerprint density at radius 1 is 0.920 bits per heavy atom. The van der Waals surface area contributed by atoms with Gasteiger partial charge in [-0.05, 0) is 18.6 Å². The molecule has 2 aromatic carbocycles. The number of hydrogen-bond acceptors (Lipinski definition) is 3. The van der Waals surface area contributed by atoms with Gasteiger partial charge in [0.25, 0.3) is 5.91 Å². The number of carboxylic acids is 1. The molecule has 2 N–H and O–H groups in total. The summed E-state index contributed by atoms with van der Waals surface area (Å²) >= 11 is 0. The second-order valence-corrected chi connectivity index (χ2v) is 5.78. The van der Waals surface area contributed by atoms with Crippen LogP contribution in [0.2, 0.25) is 0 Å². The van der Waals surface area contributed by atoms with Crippen molar-refractivity contribution in [3.63, 3.8) is 0 Å². The van der Waals surface area contributed by atoms with Gasteiger partial charge in [-0.25, -0.2) is 4.79 Å². The second-order valence-electron chi connectivity index (χ2n) is 5.78. The Kier molecular flexibility index (Phi) is 6.46. The predicted molar refractivity (Wildman–Crippen MR) is 94.7 cm³/mol. The lowest BCUT2D eigenvalue weighted by molar-refractivity contribution is -0.139. The highest BCUT2D eigenvalue weighted by atomic mass is 16.4. The molecule has 0 aromatic heterocycles. The van der Waals surface area contributed by atoms with Crippen LogP contribution in [0.4, 0.5) is 0 Å². The van der Waals surface area contributed by atoms with Crippen molar-refractivity contribution in [2.75, 3.05) is 0 Å². The van der Waals surface area contributed by atoms with Crippen molar-refractivity contribution in [1.29, 1.82) is 0 Å². The molecule has 25 heavy (non-hydrogen) atoms. The van der Waals surface area contributed by atoms with Crippen LogP contribution in [-0.4, -0.2) is 28.8 Å². The summed E-state index contributed by atoms with van der Waals surface area (Å²) in [5.74, 6) is -1.63. The number of aliphatic carboxylic acids is 1. The van der Waals surface area contributed by atoms with E-state index in [0.717, 1.165) is 12.8 Å². The molecule has 0 aliphatic rings. The summed E-state index contributed by atoms with van der Waals surface area (Å²) < 4.78 is 0. The van der Waals surface area contributed by atoms with Crippen molar-refractivity contribution in [2.45, 2.75) is 32.2 Å². The number of carbonyl (C=O) groups is 3. The molecule has 0 saturated heterocycles. The lowest BCUT2D eigenvalue weighted by Crippen LogP contribution is -2.40. The molecule has 0 spiro atoms. The molecule has 0 aliphatic heterocycles. The summed E-state index contributed by atoms with van der Waals surface area (Å²) in [5, 5.41) is 11.7. The first-order valence-electron chi connectivity index (χ1n) is 8.26. The minimum absolute atomic E-state index is 0.126. The van der Waals surface area contributed by atoms with Gasteiger partial charge in [-0.2, -0.15) is 0 Å². The molecule has 5 heteroatoms. The molecule has 0 fully saturated rings. The zero-order chi connectivity index (χ0) is 18.2. The van der Waals surface area contributed by atoms with E-state index in [4.69, 9.17) is 0 Å². The lowest BCUT2D eigenvalue weighted by atomic mass is 10.0. The van der Waals surface area contributed by atoms with Gasteiger partial charge >= 0.3 is 5.97 Å². The average Bonchev–Trinajstić information content (AvgIpc) is 2.65. The topological polar surface area (TPSA) is 83.5 Å². The number of benzene rings is 2. The summed E-state index contributed by atoms with van der Waals surface area (Å²) in [7, 11) is 0. The number of hydrogen-bond donors (Lipinski definition) is 2. The van der Waals surface area contributed by atoms with Crippen LogP contribution in [-0.2, 0) is 4.79 Å². The summed E-state index contributed by atoms with van der Waals surface area (Å²) in [6, 6.07) is 14.2. The second kappa shape index (κ2) is 8.78. The largest absolute Gasteiger partial charge is 0.480 e. The SMILES string of the molecule is CCCCC(NC(=O)c1ccc(C(=O)c2ccccc2)cc1)C(=O)O. The molecular weight excluding hydrogens is 318 g/mol. The molecule has 130 valence electrons. The van der Waals surface area contributed by atoms with Gasteiger partial charge in [0, 0.05) is 16.7 Å². The Morgan fingerprint density at radius 2 is 1.48 bits per heavy atom. The van der Waals surface area contributed by atoms with Crippen LogP contribution in [0, 0.1) is 0 Å². The van der Waals surface area contributed by atoms with E-state index in [1.54, 1.807) is 36.4 Å². The molecule has 1 atom stereocenters. The Bertz CT molecular complexity index is 738. The van der Waals surface area contributed by atoms with Gasteiger partial charge in [-0.3, -0.25) is 9.59 Å². The Labute approximate surface area is 146 Å². The summed E-state index contributed by atoms with van der Waals surface area (Å²) in [6.07, 6.45) is 1.97. The molecule has 2 rings (SSSR count). The number of nitrogens with one attached hydrogen (secondary N) is 1. The zero-order valence-corrected chi connectivity index (χ0v) is 14.1. The molecule has 0 bridgehead atoms. The third-order valence-electron chi connectivity index (χ3n) is 3.90. The van der Waals surface area contributed by atoms with E-state index in [9.17, 15) is 19.5 Å². The third-order valence-corrected chi connectivity index (χ3v) is 3.90. The number of amides is 1. The maximum absolute atomic E-state index is 12.3. The minimum atomic E-state index is -1.04. The van der Waals surface area contributed by atoms with Crippen LogP contribution in [0.25, 0.3) is 0 Å². The minimum Gasteiger partial charge on any atom is -0.480 e. The van der Waals surface area contributed by atoms with E-state index in [2.05, 4.69) is 5.32 Å². The van der Waals surface area contributed by atoms with Crippen LogP contribution >= 0.6 is 0 Å². The Hall–Kier alpha value is -2.95. The highest BCUT2D eigenvalue weighted by Crippen LogP contribution is 2.12. The van der Waals surface area contributed by atoms with Gasteiger partial charge in [0.05, 0.1) is 0 Å². The fourth-order valence-electron chi connectivity index (χ4n) is 2.44. The molecule has 2 aromatic rings. The normalized spacial score (nSPS) is 11.6. The maximum atomic E-state index is 12.3. The summed E-state index contributed by atoms with van der Waals surface area (Å²) in [4.78, 5) is 35.8. The molecule has 5 nitrogen and oxygen atoms in total. The fourth-order valence-corrected chi connectivity index (χ4v) is 2.44. The molecule has 1 amide bonds. The quantitative estimate of drug-likeness (QED) is 0.723. The van der Waals surface area contributed by atoms with Crippen LogP contribution < -0.4 is 5.32 Å². The van der Waals surface area contributed by atoms with Gasteiger partial charge in [-0.1, -0.05) is 62.2 Å². The zero-order valence-electron chi connectivity index (χ0n) is 14.1. The van der Waals surface area contributed by atoms with Crippen LogP contribution in [0.3, 0.4) is 0 Å². The lowest BCUT2D eigenvalue weighted by Gasteiger charge is -2.14. The van der Waals surface area contributed by atoms with Gasteiger partial charge in [0.15, 0.2) is 5.78 Å². The van der Waals surface area contributed by atoms with Crippen molar-refractivity contribution in [3.05, 3.63) is 71.3 Å². The van der Waals surface area contributed by atoms with Crippen molar-refractivity contribution < 1.29 is 19.5 Å². The first-order valence-corrected chi connectivity index (χ1v) is 8.26. The smallest absolute Gasteiger partial charge is 0.326 e. The van der Waals surface area contributed by atoms with E-state index in [0.29, 0.717) is 23.1 Å². The number of unbranched alkanes of at least 4 members (excludes halogenated alkanes) is 1. The first kappa shape index (κ1) is 18.4. The molecule has 0 aliphatic carbocycles. The average molecular weight is 339 g/mol. The Balaban J connectivity index is 2.07. The monoisotopic (exact) mass is 339 g/mol. The molecule has 0 radical (unpaired) electrons. The number of ketones is 1. The van der Waals surface area contributed by atoms with Gasteiger partial charge < -0.3 is 10.4 Å². The molecule has 0 heterocycles. The van der Waals surface area contributed by atoms with Gasteiger partial charge in [0.2, 0.25) is 0 Å². The summed E-state index contributed by atoms with van der Waals surface area (Å²) in [5.41, 5.74) is 1.38. The first-order chi connectivity index (χ1) is 12.0. The molecular formula is C20H21NO4. The van der Waals surface area contributed by atoms with Crippen LogP contribution in [0.5, 0.6) is 0 Å². The third kappa shape index (κ3) is 5.01. The van der Waals surface area contributed by atoms with Crippen molar-refractivity contribution in [1.82, 2.24) is 5.32 Å². The highest BCUT2D eigenvalue weighted by molar-refractivity contribution is 6.09. The van der Waals surface area contributed by atoms with Crippen LogP contribution in [0.1, 0.15) is 52.5 Å². The number of carbonyl (C=O) groups excluding carboxylic acids is 2. The van der Waals surface area contributed by atoms with E-state index in [1.165, 1.54) is 12.1 Å². The van der Waals surface area contributed by atoms with E-state index >= 15 is 0 Å². The highest BCUT2D eigenvalue weighted by Gasteiger charge is 2.20. The molecule has 0 saturated carbocycles. The van der Waals surface area contributed by atoms with Gasteiger partial charge in [0.1, 0.15) is 6.04 Å². The van der Waals surface area contributed by atoms with E-state index < -0.39 is 17.9 Å². The van der Waals surface area contributed by atoms with Crippen LogP contribution in [0.15, 0.2) is 54.6 Å².